The fraction of sp³-hybridized carbons (Fsp3) is 0.417. The van der Waals surface area contributed by atoms with Gasteiger partial charge in [-0.05, 0) is 19.1 Å². The van der Waals surface area contributed by atoms with Crippen LogP contribution in [0.15, 0.2) is 12.1 Å². The molecule has 0 saturated heterocycles. The molecular weight excluding hydrogens is 242 g/mol. The molecule has 0 fully saturated rings. The second-order valence-corrected chi connectivity index (χ2v) is 3.52. The molecule has 6 heteroatoms. The molecule has 100 valence electrons. The number of anilines is 1. The molecule has 0 saturated carbocycles. The minimum absolute atomic E-state index is 0.0551. The molecule has 0 atom stereocenters. The summed E-state index contributed by atoms with van der Waals surface area (Å²) in [5.41, 5.74) is -0.304. The van der Waals surface area contributed by atoms with Crippen LogP contribution >= 0.6 is 0 Å². The fourth-order valence-corrected chi connectivity index (χ4v) is 1.43. The number of halogens is 2. The molecule has 4 nitrogen and oxygen atoms in total. The van der Waals surface area contributed by atoms with Gasteiger partial charge in [-0.15, -0.1) is 0 Å². The third-order valence-electron chi connectivity index (χ3n) is 2.29. The zero-order valence-corrected chi connectivity index (χ0v) is 10.3. The van der Waals surface area contributed by atoms with Gasteiger partial charge in [0.2, 0.25) is 0 Å². The highest BCUT2D eigenvalue weighted by atomic mass is 19.1. The SMILES string of the molecule is CCOCCNC(=O)c1cc(F)c(NC)c(F)c1. The van der Waals surface area contributed by atoms with Crippen LogP contribution in [-0.2, 0) is 4.74 Å². The Kier molecular flexibility index (Phi) is 5.51. The average molecular weight is 258 g/mol. The van der Waals surface area contributed by atoms with Crippen molar-refractivity contribution in [2.24, 2.45) is 0 Å². The van der Waals surface area contributed by atoms with E-state index in [-0.39, 0.29) is 11.3 Å². The van der Waals surface area contributed by atoms with E-state index in [0.717, 1.165) is 12.1 Å². The van der Waals surface area contributed by atoms with E-state index in [9.17, 15) is 13.6 Å². The van der Waals surface area contributed by atoms with Gasteiger partial charge in [0.15, 0.2) is 0 Å². The molecule has 0 aliphatic heterocycles. The first-order valence-corrected chi connectivity index (χ1v) is 5.62. The number of nitrogens with one attached hydrogen (secondary N) is 2. The average Bonchev–Trinajstić information content (AvgIpc) is 2.34. The molecule has 1 aromatic carbocycles. The maximum absolute atomic E-state index is 13.4. The summed E-state index contributed by atoms with van der Waals surface area (Å²) in [4.78, 5) is 11.6. The number of carbonyl (C=O) groups is 1. The van der Waals surface area contributed by atoms with Crippen LogP contribution in [0.2, 0.25) is 0 Å². The van der Waals surface area contributed by atoms with Crippen LogP contribution < -0.4 is 10.6 Å². The first-order chi connectivity index (χ1) is 8.60. The van der Waals surface area contributed by atoms with Crippen molar-refractivity contribution < 1.29 is 18.3 Å². The van der Waals surface area contributed by atoms with Crippen LogP contribution in [0.3, 0.4) is 0 Å². The number of benzene rings is 1. The Morgan fingerprint density at radius 1 is 1.33 bits per heavy atom. The van der Waals surface area contributed by atoms with Gasteiger partial charge >= 0.3 is 0 Å². The topological polar surface area (TPSA) is 50.4 Å². The van der Waals surface area contributed by atoms with Crippen LogP contribution in [0.1, 0.15) is 17.3 Å². The monoisotopic (exact) mass is 258 g/mol. The Bertz CT molecular complexity index is 402. The molecule has 0 aliphatic rings. The quantitative estimate of drug-likeness (QED) is 0.765. The number of amides is 1. The van der Waals surface area contributed by atoms with Crippen molar-refractivity contribution in [3.8, 4) is 0 Å². The summed E-state index contributed by atoms with van der Waals surface area (Å²) in [6.45, 7) is 3.05. The lowest BCUT2D eigenvalue weighted by atomic mass is 10.1. The van der Waals surface area contributed by atoms with E-state index in [4.69, 9.17) is 4.74 Å². The van der Waals surface area contributed by atoms with Gasteiger partial charge in [0, 0.05) is 25.8 Å². The first-order valence-electron chi connectivity index (χ1n) is 5.62. The first kappa shape index (κ1) is 14.4. The molecule has 0 unspecified atom stereocenters. The summed E-state index contributed by atoms with van der Waals surface area (Å²) in [7, 11) is 1.41. The summed E-state index contributed by atoms with van der Waals surface area (Å²) in [6, 6.07) is 1.98. The highest BCUT2D eigenvalue weighted by Gasteiger charge is 2.13. The van der Waals surface area contributed by atoms with Gasteiger partial charge in [0.25, 0.3) is 5.91 Å². The van der Waals surface area contributed by atoms with Gasteiger partial charge in [-0.3, -0.25) is 4.79 Å². The number of carbonyl (C=O) groups excluding carboxylic acids is 1. The molecular formula is C12H16F2N2O2. The number of hydrogen-bond acceptors (Lipinski definition) is 3. The van der Waals surface area contributed by atoms with Crippen molar-refractivity contribution in [2.75, 3.05) is 32.1 Å². The molecule has 1 rings (SSSR count). The van der Waals surface area contributed by atoms with E-state index < -0.39 is 17.5 Å². The molecule has 0 radical (unpaired) electrons. The third-order valence-corrected chi connectivity index (χ3v) is 2.29. The van der Waals surface area contributed by atoms with Crippen molar-refractivity contribution in [1.29, 1.82) is 0 Å². The van der Waals surface area contributed by atoms with Crippen LogP contribution in [0.5, 0.6) is 0 Å². The van der Waals surface area contributed by atoms with Crippen molar-refractivity contribution in [1.82, 2.24) is 5.32 Å². The van der Waals surface area contributed by atoms with E-state index in [0.29, 0.717) is 19.8 Å². The normalized spacial score (nSPS) is 10.2. The van der Waals surface area contributed by atoms with Crippen molar-refractivity contribution in [3.63, 3.8) is 0 Å². The lowest BCUT2D eigenvalue weighted by molar-refractivity contribution is 0.0921. The zero-order valence-electron chi connectivity index (χ0n) is 10.3. The summed E-state index contributed by atoms with van der Waals surface area (Å²) in [6.07, 6.45) is 0. The number of rotatable bonds is 6. The van der Waals surface area contributed by atoms with Gasteiger partial charge in [-0.2, -0.15) is 0 Å². The molecule has 2 N–H and O–H groups in total. The Labute approximate surface area is 104 Å². The molecule has 0 aromatic heterocycles. The standard InChI is InChI=1S/C12H16F2N2O2/c1-3-18-5-4-16-12(17)8-6-9(13)11(15-2)10(14)7-8/h6-7,15H,3-5H2,1-2H3,(H,16,17). The maximum atomic E-state index is 13.4. The number of hydrogen-bond donors (Lipinski definition) is 2. The summed E-state index contributed by atoms with van der Waals surface area (Å²) in [5, 5.41) is 4.90. The van der Waals surface area contributed by atoms with Crippen LogP contribution in [-0.4, -0.2) is 32.7 Å². The van der Waals surface area contributed by atoms with Gasteiger partial charge in [0.05, 0.1) is 6.61 Å². The molecule has 0 heterocycles. The predicted octanol–water partition coefficient (Wildman–Crippen LogP) is 1.77. The fourth-order valence-electron chi connectivity index (χ4n) is 1.43. The van der Waals surface area contributed by atoms with Crippen molar-refractivity contribution in [2.45, 2.75) is 6.92 Å². The van der Waals surface area contributed by atoms with Crippen molar-refractivity contribution >= 4 is 11.6 Å². The predicted molar refractivity (Wildman–Crippen MR) is 64.7 cm³/mol. The smallest absolute Gasteiger partial charge is 0.251 e. The minimum atomic E-state index is -0.799. The Hall–Kier alpha value is -1.69. The molecule has 0 aliphatic carbocycles. The Morgan fingerprint density at radius 2 is 1.94 bits per heavy atom. The molecule has 18 heavy (non-hydrogen) atoms. The summed E-state index contributed by atoms with van der Waals surface area (Å²) >= 11 is 0. The van der Waals surface area contributed by atoms with Gasteiger partial charge in [0.1, 0.15) is 17.3 Å². The lowest BCUT2D eigenvalue weighted by Gasteiger charge is -2.08. The van der Waals surface area contributed by atoms with Gasteiger partial charge < -0.3 is 15.4 Å². The largest absolute Gasteiger partial charge is 0.383 e. The lowest BCUT2D eigenvalue weighted by Crippen LogP contribution is -2.27. The van der Waals surface area contributed by atoms with E-state index in [1.807, 2.05) is 6.92 Å². The number of ether oxygens (including phenoxy) is 1. The van der Waals surface area contributed by atoms with Gasteiger partial charge in [-0.1, -0.05) is 0 Å². The zero-order chi connectivity index (χ0) is 13.5. The minimum Gasteiger partial charge on any atom is -0.383 e. The van der Waals surface area contributed by atoms with Crippen molar-refractivity contribution in [3.05, 3.63) is 29.3 Å². The van der Waals surface area contributed by atoms with Crippen LogP contribution in [0, 0.1) is 11.6 Å². The third kappa shape index (κ3) is 3.66. The molecule has 1 aromatic rings. The second-order valence-electron chi connectivity index (χ2n) is 3.52. The second kappa shape index (κ2) is 6.90. The molecule has 1 amide bonds. The molecule has 0 spiro atoms. The van der Waals surface area contributed by atoms with E-state index >= 15 is 0 Å². The van der Waals surface area contributed by atoms with Gasteiger partial charge in [-0.25, -0.2) is 8.78 Å². The highest BCUT2D eigenvalue weighted by molar-refractivity contribution is 5.94. The van der Waals surface area contributed by atoms with E-state index in [2.05, 4.69) is 10.6 Å². The maximum Gasteiger partial charge on any atom is 0.251 e. The summed E-state index contributed by atoms with van der Waals surface area (Å²) in [5.74, 6) is -2.13. The Balaban J connectivity index is 2.69. The van der Waals surface area contributed by atoms with Crippen LogP contribution in [0.25, 0.3) is 0 Å². The Morgan fingerprint density at radius 3 is 2.44 bits per heavy atom. The highest BCUT2D eigenvalue weighted by Crippen LogP contribution is 2.19. The van der Waals surface area contributed by atoms with E-state index in [1.54, 1.807) is 0 Å². The summed E-state index contributed by atoms with van der Waals surface area (Å²) < 4.78 is 31.8. The van der Waals surface area contributed by atoms with Crippen LogP contribution in [0.4, 0.5) is 14.5 Å². The molecule has 0 bridgehead atoms. The van der Waals surface area contributed by atoms with E-state index in [1.165, 1.54) is 7.05 Å².